The number of benzene rings is 2. The lowest BCUT2D eigenvalue weighted by molar-refractivity contribution is -0.134. The highest BCUT2D eigenvalue weighted by Gasteiger charge is 2.20. The first-order valence-electron chi connectivity index (χ1n) is 10.3. The lowest BCUT2D eigenvalue weighted by Gasteiger charge is -2.21. The number of hydrogen-bond donors (Lipinski definition) is 1. The molecule has 11 heteroatoms. The molecule has 0 fully saturated rings. The van der Waals surface area contributed by atoms with Gasteiger partial charge in [0.1, 0.15) is 11.6 Å². The lowest BCUT2D eigenvalue weighted by Crippen LogP contribution is -2.38. The maximum absolute atomic E-state index is 13.9. The quantitative estimate of drug-likeness (QED) is 0.350. The van der Waals surface area contributed by atoms with Gasteiger partial charge in [-0.25, -0.2) is 26.9 Å². The average molecular weight is 481 g/mol. The zero-order chi connectivity index (χ0) is 24.8. The van der Waals surface area contributed by atoms with E-state index in [4.69, 9.17) is 4.42 Å². The number of carbonyl (C=O) groups is 2. The molecule has 0 bridgehead atoms. The van der Waals surface area contributed by atoms with Crippen LogP contribution in [-0.2, 0) is 16.0 Å². The fourth-order valence-electron chi connectivity index (χ4n) is 3.16. The third kappa shape index (κ3) is 5.97. The van der Waals surface area contributed by atoms with Gasteiger partial charge in [0.2, 0.25) is 11.8 Å². The van der Waals surface area contributed by atoms with Crippen LogP contribution in [0.15, 0.2) is 40.9 Å². The maximum Gasteiger partial charge on any atom is 0.244 e. The molecule has 2 aromatic carbocycles. The van der Waals surface area contributed by atoms with E-state index in [1.165, 1.54) is 17.2 Å². The van der Waals surface area contributed by atoms with Crippen LogP contribution in [0.2, 0.25) is 0 Å². The third-order valence-electron chi connectivity index (χ3n) is 4.79. The van der Waals surface area contributed by atoms with Gasteiger partial charge in [-0.15, -0.1) is 0 Å². The third-order valence-corrected chi connectivity index (χ3v) is 4.79. The highest BCUT2D eigenvalue weighted by Crippen LogP contribution is 2.25. The second kappa shape index (κ2) is 10.9. The normalized spacial score (nSPS) is 10.9. The molecule has 0 aliphatic carbocycles. The maximum atomic E-state index is 13.9. The number of nitrogens with one attached hydrogen (secondary N) is 1. The van der Waals surface area contributed by atoms with Crippen LogP contribution in [0.3, 0.4) is 0 Å². The Hall–Kier alpha value is -3.76. The van der Waals surface area contributed by atoms with Gasteiger partial charge in [-0.3, -0.25) is 9.59 Å². The molecule has 0 aliphatic rings. The zero-order valence-electron chi connectivity index (χ0n) is 18.0. The summed E-state index contributed by atoms with van der Waals surface area (Å²) < 4.78 is 72.6. The van der Waals surface area contributed by atoms with Gasteiger partial charge < -0.3 is 14.6 Å². The van der Waals surface area contributed by atoms with E-state index in [0.717, 1.165) is 12.1 Å². The van der Waals surface area contributed by atoms with Crippen LogP contribution in [0, 0.1) is 29.1 Å². The number of oxazole rings is 1. The smallest absolute Gasteiger partial charge is 0.244 e. The lowest BCUT2D eigenvalue weighted by atomic mass is 10.2. The summed E-state index contributed by atoms with van der Waals surface area (Å²) in [4.78, 5) is 30.1. The summed E-state index contributed by atoms with van der Waals surface area (Å²) >= 11 is 0. The Kier molecular flexibility index (Phi) is 7.98. The zero-order valence-corrected chi connectivity index (χ0v) is 18.0. The molecule has 2 amide bonds. The van der Waals surface area contributed by atoms with Crippen molar-refractivity contribution < 1.29 is 36.0 Å². The van der Waals surface area contributed by atoms with Gasteiger partial charge >= 0.3 is 0 Å². The van der Waals surface area contributed by atoms with E-state index in [0.29, 0.717) is 18.6 Å². The van der Waals surface area contributed by atoms with Crippen molar-refractivity contribution in [3.8, 4) is 11.3 Å². The Morgan fingerprint density at radius 3 is 2.50 bits per heavy atom. The van der Waals surface area contributed by atoms with Crippen LogP contribution in [0.4, 0.5) is 27.6 Å². The number of amides is 2. The van der Waals surface area contributed by atoms with Gasteiger partial charge in [0.05, 0.1) is 24.0 Å². The summed E-state index contributed by atoms with van der Waals surface area (Å²) in [7, 11) is 0. The van der Waals surface area contributed by atoms with E-state index in [-0.39, 0.29) is 36.6 Å². The van der Waals surface area contributed by atoms with Gasteiger partial charge in [-0.1, -0.05) is 6.92 Å². The second-order valence-corrected chi connectivity index (χ2v) is 7.33. The fourth-order valence-corrected chi connectivity index (χ4v) is 3.16. The van der Waals surface area contributed by atoms with Crippen molar-refractivity contribution in [2.45, 2.75) is 26.2 Å². The molecule has 1 N–H and O–H groups in total. The van der Waals surface area contributed by atoms with Crippen molar-refractivity contribution >= 4 is 17.5 Å². The van der Waals surface area contributed by atoms with Crippen LogP contribution >= 0.6 is 0 Å². The summed E-state index contributed by atoms with van der Waals surface area (Å²) in [5.74, 6) is -7.24. The van der Waals surface area contributed by atoms with Crippen molar-refractivity contribution in [3.63, 3.8) is 0 Å². The molecule has 0 spiro atoms. The van der Waals surface area contributed by atoms with E-state index in [1.807, 2.05) is 0 Å². The largest absolute Gasteiger partial charge is 0.441 e. The number of rotatable bonds is 9. The molecule has 0 atom stereocenters. The topological polar surface area (TPSA) is 75.4 Å². The number of aryl methyl sites for hydroxylation is 1. The van der Waals surface area contributed by atoms with Crippen LogP contribution in [0.1, 0.15) is 25.7 Å². The average Bonchev–Trinajstić information content (AvgIpc) is 3.26. The number of hydrogen-bond acceptors (Lipinski definition) is 4. The van der Waals surface area contributed by atoms with Crippen LogP contribution in [-0.4, -0.2) is 34.8 Å². The molecule has 0 radical (unpaired) electrons. The van der Waals surface area contributed by atoms with Crippen molar-refractivity contribution in [3.05, 3.63) is 71.5 Å². The Morgan fingerprint density at radius 2 is 1.79 bits per heavy atom. The molecule has 3 rings (SSSR count). The Labute approximate surface area is 191 Å². The summed E-state index contributed by atoms with van der Waals surface area (Å²) in [5.41, 5.74) is -0.534. The number of nitrogens with zero attached hydrogens (tertiary/aromatic N) is 2. The molecule has 0 aliphatic heterocycles. The van der Waals surface area contributed by atoms with Gasteiger partial charge in [0.15, 0.2) is 29.1 Å². The molecule has 1 aromatic heterocycles. The van der Waals surface area contributed by atoms with Crippen molar-refractivity contribution in [2.24, 2.45) is 0 Å². The fraction of sp³-hybridized carbons (Fsp3) is 0.261. The minimum atomic E-state index is -1.72. The van der Waals surface area contributed by atoms with Gasteiger partial charge in [-0.2, -0.15) is 0 Å². The van der Waals surface area contributed by atoms with E-state index >= 15 is 0 Å². The molecule has 0 saturated heterocycles. The molecule has 180 valence electrons. The number of aromatic nitrogens is 1. The van der Waals surface area contributed by atoms with Crippen LogP contribution in [0.5, 0.6) is 0 Å². The Morgan fingerprint density at radius 1 is 1.03 bits per heavy atom. The van der Waals surface area contributed by atoms with Gasteiger partial charge in [0.25, 0.3) is 0 Å². The van der Waals surface area contributed by atoms with Crippen molar-refractivity contribution in [2.75, 3.05) is 18.4 Å². The summed E-state index contributed by atoms with van der Waals surface area (Å²) in [6, 6.07) is 4.54. The highest BCUT2D eigenvalue weighted by molar-refractivity contribution is 5.94. The molecule has 34 heavy (non-hydrogen) atoms. The monoisotopic (exact) mass is 481 g/mol. The summed E-state index contributed by atoms with van der Waals surface area (Å²) in [6.45, 7) is 1.55. The summed E-state index contributed by atoms with van der Waals surface area (Å²) in [5, 5.41) is 2.12. The first kappa shape index (κ1) is 24.9. The minimum Gasteiger partial charge on any atom is -0.441 e. The van der Waals surface area contributed by atoms with E-state index in [1.54, 1.807) is 6.92 Å². The standard InChI is InChI=1S/C23H20F5N3O3/c1-2-9-31(12-19(32)30-17-6-5-15(25)22(27)23(17)28)21(33)8-7-20-29-11-18(34-20)14-4-3-13(24)10-16(14)26/h3-6,10-11H,2,7-9,12H2,1H3,(H,30,32). The number of halogens is 5. The SMILES string of the molecule is CCCN(CC(=O)Nc1ccc(F)c(F)c1F)C(=O)CCc1ncc(-c2ccc(F)cc2F)o1. The Bertz CT molecular complexity index is 1200. The first-order valence-corrected chi connectivity index (χ1v) is 10.3. The first-order chi connectivity index (χ1) is 16.2. The molecule has 6 nitrogen and oxygen atoms in total. The van der Waals surface area contributed by atoms with E-state index in [9.17, 15) is 31.5 Å². The van der Waals surface area contributed by atoms with E-state index < -0.39 is 53.1 Å². The number of anilines is 1. The molecule has 0 saturated carbocycles. The van der Waals surface area contributed by atoms with E-state index in [2.05, 4.69) is 10.3 Å². The number of carbonyl (C=O) groups excluding carboxylic acids is 2. The van der Waals surface area contributed by atoms with Crippen molar-refractivity contribution in [1.29, 1.82) is 0 Å². The van der Waals surface area contributed by atoms with Gasteiger partial charge in [0, 0.05) is 25.5 Å². The van der Waals surface area contributed by atoms with Crippen molar-refractivity contribution in [1.82, 2.24) is 9.88 Å². The van der Waals surface area contributed by atoms with Crippen LogP contribution < -0.4 is 5.32 Å². The molecule has 1 heterocycles. The van der Waals surface area contributed by atoms with Gasteiger partial charge in [-0.05, 0) is 30.7 Å². The second-order valence-electron chi connectivity index (χ2n) is 7.33. The molecular formula is C23H20F5N3O3. The molecule has 3 aromatic rings. The predicted octanol–water partition coefficient (Wildman–Crippen LogP) is 4.85. The van der Waals surface area contributed by atoms with Crippen LogP contribution in [0.25, 0.3) is 11.3 Å². The highest BCUT2D eigenvalue weighted by atomic mass is 19.2. The predicted molar refractivity (Wildman–Crippen MR) is 112 cm³/mol. The minimum absolute atomic E-state index is 0.0141. The molecule has 0 unspecified atom stereocenters. The summed E-state index contributed by atoms with van der Waals surface area (Å²) in [6.07, 6.45) is 1.72. The molecular weight excluding hydrogens is 461 g/mol. The Balaban J connectivity index is 1.60.